The van der Waals surface area contributed by atoms with Crippen LogP contribution < -0.4 is 10.1 Å². The predicted octanol–water partition coefficient (Wildman–Crippen LogP) is 4.78. The Balaban J connectivity index is 1.57. The summed E-state index contributed by atoms with van der Waals surface area (Å²) in [5, 5.41) is 12.0. The van der Waals surface area contributed by atoms with Crippen molar-refractivity contribution in [2.45, 2.75) is 50.9 Å². The zero-order valence-electron chi connectivity index (χ0n) is 19.3. The third kappa shape index (κ3) is 6.02. The highest BCUT2D eigenvalue weighted by Gasteiger charge is 2.43. The molecule has 9 nitrogen and oxygen atoms in total. The van der Waals surface area contributed by atoms with E-state index in [-0.39, 0.29) is 24.4 Å². The van der Waals surface area contributed by atoms with Gasteiger partial charge in [-0.25, -0.2) is 19.7 Å². The first-order valence-electron chi connectivity index (χ1n) is 11.0. The van der Waals surface area contributed by atoms with Crippen molar-refractivity contribution in [1.82, 2.24) is 19.9 Å². The molecule has 0 aromatic carbocycles. The van der Waals surface area contributed by atoms with Crippen LogP contribution in [0.1, 0.15) is 35.5 Å². The third-order valence-electron chi connectivity index (χ3n) is 5.52. The molecule has 2 atom stereocenters. The maximum atomic E-state index is 11.0. The van der Waals surface area contributed by atoms with E-state index in [4.69, 9.17) is 19.6 Å². The Kier molecular flexibility index (Phi) is 6.57. The first-order valence-corrected chi connectivity index (χ1v) is 14.7. The first-order chi connectivity index (χ1) is 15.7. The molecule has 0 unspecified atom stereocenters. The van der Waals surface area contributed by atoms with Gasteiger partial charge in [0.05, 0.1) is 10.9 Å². The van der Waals surface area contributed by atoms with Gasteiger partial charge in [0, 0.05) is 62.4 Å². The van der Waals surface area contributed by atoms with Crippen LogP contribution in [-0.2, 0) is 4.74 Å². The molecule has 33 heavy (non-hydrogen) atoms. The zero-order chi connectivity index (χ0) is 23.6. The molecule has 1 aliphatic carbocycles. The summed E-state index contributed by atoms with van der Waals surface area (Å²) in [4.78, 5) is 29.0. The van der Waals surface area contributed by atoms with Crippen LogP contribution in [-0.4, -0.2) is 52.6 Å². The topological polar surface area (TPSA) is 119 Å². The second-order valence-electron chi connectivity index (χ2n) is 9.55. The van der Waals surface area contributed by atoms with E-state index >= 15 is 0 Å². The highest BCUT2D eigenvalue weighted by molar-refractivity contribution is 6.76. The number of fused-ring (bicyclic) bond motifs is 1. The van der Waals surface area contributed by atoms with Crippen molar-refractivity contribution in [3.63, 3.8) is 0 Å². The van der Waals surface area contributed by atoms with Gasteiger partial charge < -0.3 is 14.6 Å². The summed E-state index contributed by atoms with van der Waals surface area (Å²) in [5.74, 6) is 2.03. The molecule has 0 radical (unpaired) electrons. The van der Waals surface area contributed by atoms with Crippen LogP contribution in [0.3, 0.4) is 0 Å². The lowest BCUT2D eigenvalue weighted by Gasteiger charge is -2.16. The lowest BCUT2D eigenvalue weighted by atomic mass is 10.1. The summed E-state index contributed by atoms with van der Waals surface area (Å²) in [7, 11) is -1.18. The minimum atomic E-state index is -1.18. The Morgan fingerprint density at radius 2 is 2.03 bits per heavy atom. The number of amides is 1. The van der Waals surface area contributed by atoms with Gasteiger partial charge in [-0.15, -0.1) is 0 Å². The number of carbonyl (C=O) groups is 1. The van der Waals surface area contributed by atoms with Gasteiger partial charge in [-0.3, -0.25) is 10.3 Å². The zero-order valence-corrected chi connectivity index (χ0v) is 20.3. The number of nitrogens with one attached hydrogen (secondary N) is 1. The molecule has 3 aromatic heterocycles. The van der Waals surface area contributed by atoms with Crippen LogP contribution in [0.15, 0.2) is 30.6 Å². The molecule has 1 fully saturated rings. The second-order valence-corrected chi connectivity index (χ2v) is 15.2. The molecule has 1 amide bonds. The second kappa shape index (κ2) is 9.40. The maximum Gasteiger partial charge on any atom is 0.410 e. The third-order valence-corrected chi connectivity index (χ3v) is 7.22. The lowest BCUT2D eigenvalue weighted by Crippen LogP contribution is -2.22. The van der Waals surface area contributed by atoms with E-state index in [9.17, 15) is 4.79 Å². The summed E-state index contributed by atoms with van der Waals surface area (Å²) < 4.78 is 11.7. The van der Waals surface area contributed by atoms with E-state index in [2.05, 4.69) is 39.9 Å². The van der Waals surface area contributed by atoms with Crippen molar-refractivity contribution >= 4 is 30.9 Å². The number of nitrogens with zero attached hydrogens (tertiary/aromatic N) is 4. The fraction of sp³-hybridized carbons (Fsp3) is 0.435. The van der Waals surface area contributed by atoms with Crippen molar-refractivity contribution in [2.75, 3.05) is 18.7 Å². The molecule has 3 aromatic rings. The van der Waals surface area contributed by atoms with Gasteiger partial charge in [-0.05, 0) is 25.5 Å². The summed E-state index contributed by atoms with van der Waals surface area (Å²) in [6, 6.07) is 6.49. The molecule has 10 heteroatoms. The molecule has 0 bridgehead atoms. The van der Waals surface area contributed by atoms with E-state index in [1.165, 1.54) is 0 Å². The summed E-state index contributed by atoms with van der Waals surface area (Å²) in [6.45, 7) is 9.66. The number of aromatic nitrogens is 4. The SMILES string of the molecule is Cc1ccnc([C@H]2C[C@@H]2c2cc(OCOCC[Si](C)(C)C)c3cnc(NC(=O)O)cc3n2)n1. The summed E-state index contributed by atoms with van der Waals surface area (Å²) in [6.07, 6.45) is 3.08. The average molecular weight is 468 g/mol. The van der Waals surface area contributed by atoms with Crippen molar-refractivity contribution in [1.29, 1.82) is 0 Å². The van der Waals surface area contributed by atoms with Gasteiger partial charge in [-0.2, -0.15) is 0 Å². The van der Waals surface area contributed by atoms with Gasteiger partial charge >= 0.3 is 6.09 Å². The van der Waals surface area contributed by atoms with Crippen LogP contribution in [0.5, 0.6) is 5.75 Å². The summed E-state index contributed by atoms with van der Waals surface area (Å²) in [5.41, 5.74) is 2.41. The molecule has 1 saturated carbocycles. The Labute approximate surface area is 193 Å². The monoisotopic (exact) mass is 467 g/mol. The minimum absolute atomic E-state index is 0.132. The van der Waals surface area contributed by atoms with Gasteiger partial charge in [0.25, 0.3) is 0 Å². The van der Waals surface area contributed by atoms with Crippen LogP contribution in [0, 0.1) is 6.92 Å². The highest BCUT2D eigenvalue weighted by atomic mass is 28.3. The summed E-state index contributed by atoms with van der Waals surface area (Å²) >= 11 is 0. The van der Waals surface area contributed by atoms with Crippen LogP contribution in [0.4, 0.5) is 10.6 Å². The smallest absolute Gasteiger partial charge is 0.410 e. The quantitative estimate of drug-likeness (QED) is 0.262. The normalized spacial score (nSPS) is 17.7. The molecule has 4 rings (SSSR count). The van der Waals surface area contributed by atoms with E-state index in [1.54, 1.807) is 18.5 Å². The number of anilines is 1. The number of ether oxygens (including phenoxy) is 2. The van der Waals surface area contributed by atoms with E-state index in [1.807, 2.05) is 19.1 Å². The van der Waals surface area contributed by atoms with Crippen LogP contribution in [0.25, 0.3) is 10.9 Å². The Morgan fingerprint density at radius 3 is 2.76 bits per heavy atom. The van der Waals surface area contributed by atoms with Crippen LogP contribution >= 0.6 is 0 Å². The first kappa shape index (κ1) is 23.1. The molecule has 2 N–H and O–H groups in total. The Bertz CT molecular complexity index is 1170. The Morgan fingerprint density at radius 1 is 1.21 bits per heavy atom. The predicted molar refractivity (Wildman–Crippen MR) is 128 cm³/mol. The molecule has 0 aliphatic heterocycles. The van der Waals surface area contributed by atoms with Crippen molar-refractivity contribution in [2.24, 2.45) is 0 Å². The van der Waals surface area contributed by atoms with Crippen molar-refractivity contribution in [3.8, 4) is 5.75 Å². The molecule has 0 saturated heterocycles. The fourth-order valence-electron chi connectivity index (χ4n) is 3.59. The molecule has 3 heterocycles. The number of aryl methyl sites for hydroxylation is 1. The average Bonchev–Trinajstić information content (AvgIpc) is 3.53. The largest absolute Gasteiger partial charge is 0.467 e. The minimum Gasteiger partial charge on any atom is -0.467 e. The van der Waals surface area contributed by atoms with Crippen LogP contribution in [0.2, 0.25) is 25.7 Å². The van der Waals surface area contributed by atoms with E-state index in [0.29, 0.717) is 23.3 Å². The van der Waals surface area contributed by atoms with Gasteiger partial charge in [0.1, 0.15) is 17.4 Å². The standard InChI is InChI=1S/C23H29N5O4Si/c1-14-5-6-24-22(26-14)16-9-15(16)18-10-20(32-13-31-7-8-33(2,3)4)17-12-25-21(28-23(29)30)11-19(17)27-18/h5-6,10-12,15-16H,7-9,13H2,1-4H3,(H,25,28)(H,29,30)/t15-,16-/m0/s1. The number of carboxylic acid groups (broad SMARTS) is 1. The Hall–Kier alpha value is -3.11. The van der Waals surface area contributed by atoms with Crippen molar-refractivity contribution in [3.05, 3.63) is 47.8 Å². The molecular formula is C23H29N5O4Si. The van der Waals surface area contributed by atoms with E-state index < -0.39 is 14.2 Å². The number of hydrogen-bond acceptors (Lipinski definition) is 7. The molecule has 0 spiro atoms. The van der Waals surface area contributed by atoms with Crippen molar-refractivity contribution < 1.29 is 19.4 Å². The van der Waals surface area contributed by atoms with Gasteiger partial charge in [-0.1, -0.05) is 19.6 Å². The van der Waals surface area contributed by atoms with Gasteiger partial charge in [0.15, 0.2) is 6.79 Å². The molecule has 1 aliphatic rings. The van der Waals surface area contributed by atoms with E-state index in [0.717, 1.165) is 29.7 Å². The maximum absolute atomic E-state index is 11.0. The number of pyridine rings is 2. The molecule has 174 valence electrons. The number of rotatable bonds is 9. The fourth-order valence-corrected chi connectivity index (χ4v) is 4.35. The van der Waals surface area contributed by atoms with Gasteiger partial charge in [0.2, 0.25) is 0 Å². The highest BCUT2D eigenvalue weighted by Crippen LogP contribution is 2.53. The lowest BCUT2D eigenvalue weighted by molar-refractivity contribution is 0.0229. The number of hydrogen-bond donors (Lipinski definition) is 2. The molecular weight excluding hydrogens is 438 g/mol.